The molecule has 0 aliphatic heterocycles. The van der Waals surface area contributed by atoms with E-state index in [0.717, 1.165) is 10.0 Å². The molecular weight excluding hydrogens is 290 g/mol. The van der Waals surface area contributed by atoms with Crippen LogP contribution in [0.1, 0.15) is 26.3 Å². The summed E-state index contributed by atoms with van der Waals surface area (Å²) in [6.45, 7) is 5.11. The molecule has 3 nitrogen and oxygen atoms in total. The van der Waals surface area contributed by atoms with Crippen molar-refractivity contribution in [3.05, 3.63) is 28.2 Å². The largest absolute Gasteiger partial charge is 0.399 e. The summed E-state index contributed by atoms with van der Waals surface area (Å²) in [5.41, 5.74) is 6.95. The molecule has 0 bridgehead atoms. The first kappa shape index (κ1) is 13.5. The zero-order chi connectivity index (χ0) is 12.6. The molecule has 0 atom stereocenters. The van der Waals surface area contributed by atoms with Crippen molar-refractivity contribution in [2.75, 3.05) is 5.73 Å². The van der Waals surface area contributed by atoms with Crippen LogP contribution in [0.15, 0.2) is 22.7 Å². The molecule has 2 N–H and O–H groups in total. The minimum Gasteiger partial charge on any atom is -0.399 e. The van der Waals surface area contributed by atoms with Gasteiger partial charge in [0.25, 0.3) is 0 Å². The van der Waals surface area contributed by atoms with E-state index >= 15 is 0 Å². The van der Waals surface area contributed by atoms with Crippen molar-refractivity contribution < 1.29 is 8.42 Å². The molecule has 90 valence electrons. The SMILES string of the molecule is CC(C)(C)S(=O)(=O)Cc1ccc(N)cc1Br. The number of anilines is 1. The van der Waals surface area contributed by atoms with Crippen molar-refractivity contribution >= 4 is 31.5 Å². The summed E-state index contributed by atoms with van der Waals surface area (Å²) in [5, 5.41) is 0. The van der Waals surface area contributed by atoms with Gasteiger partial charge in [0.05, 0.1) is 10.5 Å². The molecule has 1 aromatic rings. The van der Waals surface area contributed by atoms with Crippen LogP contribution in [0.4, 0.5) is 5.69 Å². The van der Waals surface area contributed by atoms with Crippen molar-refractivity contribution in [2.24, 2.45) is 0 Å². The lowest BCUT2D eigenvalue weighted by Crippen LogP contribution is -2.29. The molecule has 0 aromatic heterocycles. The van der Waals surface area contributed by atoms with E-state index in [2.05, 4.69) is 15.9 Å². The lowest BCUT2D eigenvalue weighted by atomic mass is 10.2. The molecule has 0 unspecified atom stereocenters. The lowest BCUT2D eigenvalue weighted by molar-refractivity contribution is 0.559. The zero-order valence-electron chi connectivity index (χ0n) is 9.62. The van der Waals surface area contributed by atoms with Crippen LogP contribution in [0.2, 0.25) is 0 Å². The van der Waals surface area contributed by atoms with Crippen molar-refractivity contribution in [3.8, 4) is 0 Å². The first-order valence-corrected chi connectivity index (χ1v) is 7.34. The number of hydrogen-bond acceptors (Lipinski definition) is 3. The molecular formula is C11H16BrNO2S. The predicted octanol–water partition coefficient (Wildman–Crippen LogP) is 2.74. The fourth-order valence-corrected chi connectivity index (χ4v) is 2.92. The van der Waals surface area contributed by atoms with Crippen LogP contribution in [0.5, 0.6) is 0 Å². The highest BCUT2D eigenvalue weighted by Gasteiger charge is 2.29. The van der Waals surface area contributed by atoms with Crippen LogP contribution in [0.25, 0.3) is 0 Å². The highest BCUT2D eigenvalue weighted by Crippen LogP contribution is 2.26. The summed E-state index contributed by atoms with van der Waals surface area (Å²) in [5.74, 6) is 0.0252. The average molecular weight is 306 g/mol. The van der Waals surface area contributed by atoms with E-state index in [0.29, 0.717) is 5.69 Å². The Morgan fingerprint density at radius 3 is 2.31 bits per heavy atom. The topological polar surface area (TPSA) is 60.2 Å². The fraction of sp³-hybridized carbons (Fsp3) is 0.455. The minimum absolute atomic E-state index is 0.0252. The first-order valence-electron chi connectivity index (χ1n) is 4.90. The fourth-order valence-electron chi connectivity index (χ4n) is 1.10. The Morgan fingerprint density at radius 1 is 1.31 bits per heavy atom. The van der Waals surface area contributed by atoms with Gasteiger partial charge in [-0.15, -0.1) is 0 Å². The Labute approximate surface area is 105 Å². The van der Waals surface area contributed by atoms with Gasteiger partial charge in [-0.2, -0.15) is 0 Å². The third kappa shape index (κ3) is 2.98. The Bertz CT molecular complexity index is 489. The predicted molar refractivity (Wildman–Crippen MR) is 70.9 cm³/mol. The molecule has 0 aliphatic rings. The van der Waals surface area contributed by atoms with Crippen molar-refractivity contribution in [3.63, 3.8) is 0 Å². The number of nitrogens with two attached hydrogens (primary N) is 1. The van der Waals surface area contributed by atoms with E-state index in [1.54, 1.807) is 39.0 Å². The molecule has 1 rings (SSSR count). The number of benzene rings is 1. The van der Waals surface area contributed by atoms with Gasteiger partial charge < -0.3 is 5.73 Å². The van der Waals surface area contributed by atoms with Crippen LogP contribution >= 0.6 is 15.9 Å². The molecule has 0 heterocycles. The van der Waals surface area contributed by atoms with Gasteiger partial charge in [0.1, 0.15) is 0 Å². The lowest BCUT2D eigenvalue weighted by Gasteiger charge is -2.19. The van der Waals surface area contributed by atoms with Gasteiger partial charge in [-0.25, -0.2) is 8.42 Å². The average Bonchev–Trinajstić information content (AvgIpc) is 2.08. The standard InChI is InChI=1S/C11H16BrNO2S/c1-11(2,3)16(14,15)7-8-4-5-9(13)6-10(8)12/h4-6H,7,13H2,1-3H3. The Balaban J connectivity index is 3.07. The van der Waals surface area contributed by atoms with E-state index in [4.69, 9.17) is 5.73 Å². The summed E-state index contributed by atoms with van der Waals surface area (Å²) < 4.78 is 24.0. The van der Waals surface area contributed by atoms with Gasteiger partial charge >= 0.3 is 0 Å². The molecule has 0 fully saturated rings. The Kier molecular flexibility index (Phi) is 3.69. The maximum absolute atomic E-state index is 12.0. The third-order valence-electron chi connectivity index (χ3n) is 2.36. The maximum atomic E-state index is 12.0. The molecule has 0 saturated carbocycles. The monoisotopic (exact) mass is 305 g/mol. The second kappa shape index (κ2) is 4.37. The number of halogens is 1. The van der Waals surface area contributed by atoms with Gasteiger partial charge in [0.15, 0.2) is 9.84 Å². The number of sulfone groups is 1. The molecule has 0 amide bonds. The van der Waals surface area contributed by atoms with E-state index in [1.807, 2.05) is 0 Å². The Morgan fingerprint density at radius 2 is 1.88 bits per heavy atom. The molecule has 1 aromatic carbocycles. The van der Waals surface area contributed by atoms with Crippen LogP contribution < -0.4 is 5.73 Å². The zero-order valence-corrected chi connectivity index (χ0v) is 12.0. The summed E-state index contributed by atoms with van der Waals surface area (Å²) in [6.07, 6.45) is 0. The molecule has 0 saturated heterocycles. The quantitative estimate of drug-likeness (QED) is 0.855. The number of nitrogen functional groups attached to an aromatic ring is 1. The smallest absolute Gasteiger partial charge is 0.159 e. The second-order valence-corrected chi connectivity index (χ2v) is 8.32. The van der Waals surface area contributed by atoms with Gasteiger partial charge in [-0.05, 0) is 38.5 Å². The molecule has 0 radical (unpaired) electrons. The Hall–Kier alpha value is -0.550. The van der Waals surface area contributed by atoms with Gasteiger partial charge in [-0.3, -0.25) is 0 Å². The number of hydrogen-bond donors (Lipinski definition) is 1. The van der Waals surface area contributed by atoms with Gasteiger partial charge in [0, 0.05) is 10.2 Å². The van der Waals surface area contributed by atoms with Crippen LogP contribution in [0, 0.1) is 0 Å². The third-order valence-corrected chi connectivity index (χ3v) is 5.65. The van der Waals surface area contributed by atoms with Crippen molar-refractivity contribution in [1.29, 1.82) is 0 Å². The number of rotatable bonds is 2. The minimum atomic E-state index is -3.16. The second-order valence-electron chi connectivity index (χ2n) is 4.72. The van der Waals surface area contributed by atoms with Crippen LogP contribution in [-0.2, 0) is 15.6 Å². The van der Waals surface area contributed by atoms with Crippen molar-refractivity contribution in [2.45, 2.75) is 31.3 Å². The van der Waals surface area contributed by atoms with Crippen molar-refractivity contribution in [1.82, 2.24) is 0 Å². The van der Waals surface area contributed by atoms with Gasteiger partial charge in [0.2, 0.25) is 0 Å². The normalized spacial score (nSPS) is 12.8. The highest BCUT2D eigenvalue weighted by molar-refractivity contribution is 9.10. The summed E-state index contributed by atoms with van der Waals surface area (Å²) in [7, 11) is -3.16. The summed E-state index contributed by atoms with van der Waals surface area (Å²) in [4.78, 5) is 0. The van der Waals surface area contributed by atoms with Crippen LogP contribution in [0.3, 0.4) is 0 Å². The van der Waals surface area contributed by atoms with Gasteiger partial charge in [-0.1, -0.05) is 22.0 Å². The van der Waals surface area contributed by atoms with E-state index < -0.39 is 14.6 Å². The highest BCUT2D eigenvalue weighted by atomic mass is 79.9. The van der Waals surface area contributed by atoms with E-state index in [9.17, 15) is 8.42 Å². The molecule has 16 heavy (non-hydrogen) atoms. The van der Waals surface area contributed by atoms with Crippen LogP contribution in [-0.4, -0.2) is 13.2 Å². The maximum Gasteiger partial charge on any atom is 0.159 e. The summed E-state index contributed by atoms with van der Waals surface area (Å²) >= 11 is 3.32. The van der Waals surface area contributed by atoms with E-state index in [-0.39, 0.29) is 5.75 Å². The molecule has 0 aliphatic carbocycles. The summed E-state index contributed by atoms with van der Waals surface area (Å²) in [6, 6.07) is 5.16. The molecule has 0 spiro atoms. The van der Waals surface area contributed by atoms with E-state index in [1.165, 1.54) is 0 Å². The molecule has 5 heteroatoms. The first-order chi connectivity index (χ1) is 7.13.